The summed E-state index contributed by atoms with van der Waals surface area (Å²) in [5, 5.41) is 2.89. The first-order valence-electron chi connectivity index (χ1n) is 10.5. The summed E-state index contributed by atoms with van der Waals surface area (Å²) in [5.74, 6) is -0.797. The molecule has 1 aliphatic rings. The highest BCUT2D eigenvalue weighted by Gasteiger charge is 2.21. The number of carbonyl (C=O) groups excluding carboxylic acids is 2. The van der Waals surface area contributed by atoms with E-state index in [0.717, 1.165) is 35.9 Å². The van der Waals surface area contributed by atoms with Crippen LogP contribution in [0.4, 0.5) is 11.4 Å². The van der Waals surface area contributed by atoms with Crippen molar-refractivity contribution in [2.24, 2.45) is 0 Å². The van der Waals surface area contributed by atoms with E-state index in [2.05, 4.69) is 15.2 Å². The molecule has 1 saturated heterocycles. The molecule has 0 saturated carbocycles. The summed E-state index contributed by atoms with van der Waals surface area (Å²) in [6, 6.07) is 11.0. The van der Waals surface area contributed by atoms with Crippen molar-refractivity contribution >= 4 is 23.3 Å². The summed E-state index contributed by atoms with van der Waals surface area (Å²) in [7, 11) is 1.33. The van der Waals surface area contributed by atoms with Crippen LogP contribution in [0.2, 0.25) is 0 Å². The summed E-state index contributed by atoms with van der Waals surface area (Å²) in [6.45, 7) is 6.59. The Kier molecular flexibility index (Phi) is 6.23. The lowest BCUT2D eigenvalue weighted by molar-refractivity contribution is 0.0602. The van der Waals surface area contributed by atoms with Crippen LogP contribution in [0.3, 0.4) is 0 Å². The number of hydrogen-bond donors (Lipinski definition) is 1. The maximum atomic E-state index is 13.2. The molecule has 4 rings (SSSR count). The number of nitrogens with zero attached hydrogens (tertiary/aromatic N) is 3. The molecule has 0 radical (unpaired) electrons. The van der Waals surface area contributed by atoms with E-state index in [1.165, 1.54) is 7.11 Å². The number of aryl methyl sites for hydroxylation is 1. The standard InChI is InChI=1S/C24H26N4O4/c1-16-13-20(17(2)28(16)19-5-4-8-25-15-19)23(29)26-22-7-6-18(14-21(22)24(30)31-3)27-9-11-32-12-10-27/h4-8,13-15H,9-12H2,1-3H3,(H,26,29). The topological polar surface area (TPSA) is 85.7 Å². The second-order valence-corrected chi connectivity index (χ2v) is 7.61. The summed E-state index contributed by atoms with van der Waals surface area (Å²) in [5.41, 5.74) is 4.72. The third-order valence-corrected chi connectivity index (χ3v) is 5.61. The second-order valence-electron chi connectivity index (χ2n) is 7.61. The van der Waals surface area contributed by atoms with Gasteiger partial charge in [0.25, 0.3) is 5.91 Å². The van der Waals surface area contributed by atoms with Crippen LogP contribution in [-0.2, 0) is 9.47 Å². The fourth-order valence-corrected chi connectivity index (χ4v) is 4.00. The van der Waals surface area contributed by atoms with Crippen LogP contribution in [0, 0.1) is 13.8 Å². The number of aromatic nitrogens is 2. The van der Waals surface area contributed by atoms with Crippen molar-refractivity contribution in [3.63, 3.8) is 0 Å². The van der Waals surface area contributed by atoms with E-state index in [0.29, 0.717) is 30.0 Å². The Morgan fingerprint density at radius 3 is 2.53 bits per heavy atom. The van der Waals surface area contributed by atoms with Crippen molar-refractivity contribution in [1.82, 2.24) is 9.55 Å². The van der Waals surface area contributed by atoms with Crippen LogP contribution in [-0.4, -0.2) is 54.8 Å². The lowest BCUT2D eigenvalue weighted by Gasteiger charge is -2.29. The highest BCUT2D eigenvalue weighted by molar-refractivity contribution is 6.09. The van der Waals surface area contributed by atoms with Crippen molar-refractivity contribution in [2.75, 3.05) is 43.6 Å². The Labute approximate surface area is 186 Å². The second kappa shape index (κ2) is 9.23. The molecule has 1 fully saturated rings. The quantitative estimate of drug-likeness (QED) is 0.620. The molecule has 0 aliphatic carbocycles. The van der Waals surface area contributed by atoms with E-state index < -0.39 is 5.97 Å². The van der Waals surface area contributed by atoms with E-state index in [4.69, 9.17) is 9.47 Å². The van der Waals surface area contributed by atoms with Gasteiger partial charge in [0.15, 0.2) is 0 Å². The maximum absolute atomic E-state index is 13.2. The number of pyridine rings is 1. The monoisotopic (exact) mass is 434 g/mol. The van der Waals surface area contributed by atoms with Crippen LogP contribution in [0.25, 0.3) is 5.69 Å². The molecule has 32 heavy (non-hydrogen) atoms. The summed E-state index contributed by atoms with van der Waals surface area (Å²) >= 11 is 0. The van der Waals surface area contributed by atoms with Gasteiger partial charge in [-0.3, -0.25) is 9.78 Å². The third kappa shape index (κ3) is 4.22. The van der Waals surface area contributed by atoms with E-state index in [1.54, 1.807) is 24.5 Å². The summed E-state index contributed by atoms with van der Waals surface area (Å²) in [4.78, 5) is 31.9. The zero-order valence-corrected chi connectivity index (χ0v) is 18.4. The molecular formula is C24H26N4O4. The van der Waals surface area contributed by atoms with Crippen LogP contribution < -0.4 is 10.2 Å². The molecule has 1 N–H and O–H groups in total. The zero-order valence-electron chi connectivity index (χ0n) is 18.4. The number of anilines is 2. The minimum Gasteiger partial charge on any atom is -0.465 e. The molecule has 0 atom stereocenters. The van der Waals surface area contributed by atoms with E-state index in [1.807, 2.05) is 42.7 Å². The number of esters is 1. The lowest BCUT2D eigenvalue weighted by Crippen LogP contribution is -2.36. The Balaban J connectivity index is 1.64. The Morgan fingerprint density at radius 1 is 1.06 bits per heavy atom. The van der Waals surface area contributed by atoms with Crippen LogP contribution >= 0.6 is 0 Å². The number of nitrogens with one attached hydrogen (secondary N) is 1. The molecule has 0 unspecified atom stereocenters. The molecule has 1 amide bonds. The van der Waals surface area contributed by atoms with Crippen LogP contribution in [0.1, 0.15) is 32.1 Å². The number of hydrogen-bond acceptors (Lipinski definition) is 6. The van der Waals surface area contributed by atoms with Gasteiger partial charge in [-0.25, -0.2) is 4.79 Å². The van der Waals surface area contributed by atoms with Crippen molar-refractivity contribution in [3.05, 3.63) is 71.3 Å². The third-order valence-electron chi connectivity index (χ3n) is 5.61. The number of morpholine rings is 1. The number of ether oxygens (including phenoxy) is 2. The molecule has 2 aromatic heterocycles. The highest BCUT2D eigenvalue weighted by Crippen LogP contribution is 2.27. The largest absolute Gasteiger partial charge is 0.465 e. The van der Waals surface area contributed by atoms with Gasteiger partial charge in [0.05, 0.1) is 49.0 Å². The molecule has 3 aromatic rings. The highest BCUT2D eigenvalue weighted by atomic mass is 16.5. The van der Waals surface area contributed by atoms with Gasteiger partial charge >= 0.3 is 5.97 Å². The first kappa shape index (κ1) is 21.6. The van der Waals surface area contributed by atoms with Gasteiger partial charge in [-0.2, -0.15) is 0 Å². The van der Waals surface area contributed by atoms with Gasteiger partial charge in [0.1, 0.15) is 0 Å². The molecular weight excluding hydrogens is 408 g/mol. The number of rotatable bonds is 5. The first-order valence-corrected chi connectivity index (χ1v) is 10.5. The normalized spacial score (nSPS) is 13.7. The van der Waals surface area contributed by atoms with Gasteiger partial charge < -0.3 is 24.3 Å². The molecule has 0 spiro atoms. The summed E-state index contributed by atoms with van der Waals surface area (Å²) < 4.78 is 12.3. The van der Waals surface area contributed by atoms with Crippen molar-refractivity contribution in [2.45, 2.75) is 13.8 Å². The maximum Gasteiger partial charge on any atom is 0.340 e. The smallest absolute Gasteiger partial charge is 0.340 e. The molecule has 1 aliphatic heterocycles. The van der Waals surface area contributed by atoms with E-state index >= 15 is 0 Å². The SMILES string of the molecule is COC(=O)c1cc(N2CCOCC2)ccc1NC(=O)c1cc(C)n(-c2cccnc2)c1C. The molecule has 8 heteroatoms. The van der Waals surface area contributed by atoms with Crippen molar-refractivity contribution < 1.29 is 19.1 Å². The molecule has 166 valence electrons. The predicted octanol–water partition coefficient (Wildman–Crippen LogP) is 3.36. The van der Waals surface area contributed by atoms with Crippen LogP contribution in [0.15, 0.2) is 48.8 Å². The molecule has 3 heterocycles. The summed E-state index contributed by atoms with van der Waals surface area (Å²) in [6.07, 6.45) is 3.46. The van der Waals surface area contributed by atoms with Gasteiger partial charge in [0.2, 0.25) is 0 Å². The van der Waals surface area contributed by atoms with Gasteiger partial charge in [0, 0.05) is 36.4 Å². The fourth-order valence-electron chi connectivity index (χ4n) is 4.00. The number of benzene rings is 1. The Morgan fingerprint density at radius 2 is 1.84 bits per heavy atom. The van der Waals surface area contributed by atoms with Gasteiger partial charge in [-0.15, -0.1) is 0 Å². The minimum atomic E-state index is -0.503. The average Bonchev–Trinajstić information content (AvgIpc) is 3.13. The number of amides is 1. The Bertz CT molecular complexity index is 1130. The van der Waals surface area contributed by atoms with Crippen molar-refractivity contribution in [3.8, 4) is 5.69 Å². The minimum absolute atomic E-state index is 0.294. The van der Waals surface area contributed by atoms with Gasteiger partial charge in [-0.1, -0.05) is 0 Å². The van der Waals surface area contributed by atoms with E-state index in [9.17, 15) is 9.59 Å². The van der Waals surface area contributed by atoms with Crippen LogP contribution in [0.5, 0.6) is 0 Å². The van der Waals surface area contributed by atoms with Gasteiger partial charge in [-0.05, 0) is 50.2 Å². The Hall–Kier alpha value is -3.65. The zero-order chi connectivity index (χ0) is 22.7. The number of carbonyl (C=O) groups is 2. The lowest BCUT2D eigenvalue weighted by atomic mass is 10.1. The number of methoxy groups -OCH3 is 1. The van der Waals surface area contributed by atoms with E-state index in [-0.39, 0.29) is 5.91 Å². The average molecular weight is 434 g/mol. The first-order chi connectivity index (χ1) is 15.5. The predicted molar refractivity (Wildman–Crippen MR) is 122 cm³/mol. The van der Waals surface area contributed by atoms with Crippen molar-refractivity contribution in [1.29, 1.82) is 0 Å². The molecule has 0 bridgehead atoms. The fraction of sp³-hybridized carbons (Fsp3) is 0.292. The molecule has 1 aromatic carbocycles. The molecule has 8 nitrogen and oxygen atoms in total.